The molecule has 160 valence electrons. The van der Waals surface area contributed by atoms with E-state index in [4.69, 9.17) is 4.74 Å². The van der Waals surface area contributed by atoms with Crippen LogP contribution in [0.4, 0.5) is 0 Å². The second-order valence-corrected chi connectivity index (χ2v) is 9.31. The van der Waals surface area contributed by atoms with E-state index >= 15 is 0 Å². The van der Waals surface area contributed by atoms with Gasteiger partial charge in [-0.2, -0.15) is 5.10 Å². The summed E-state index contributed by atoms with van der Waals surface area (Å²) in [6.45, 7) is 4.83. The summed E-state index contributed by atoms with van der Waals surface area (Å²) in [6.07, 6.45) is 9.92. The predicted octanol–water partition coefficient (Wildman–Crippen LogP) is 3.33. The summed E-state index contributed by atoms with van der Waals surface area (Å²) in [5.41, 5.74) is 2.33. The van der Waals surface area contributed by atoms with Gasteiger partial charge in [-0.3, -0.25) is 14.4 Å². The Balaban J connectivity index is 1.28. The summed E-state index contributed by atoms with van der Waals surface area (Å²) in [6, 6.07) is 8.37. The van der Waals surface area contributed by atoms with E-state index in [2.05, 4.69) is 45.4 Å². The maximum Gasteiger partial charge on any atom is 0.223 e. The number of nitrogens with zero attached hydrogens (tertiary/aromatic N) is 4. The zero-order valence-corrected chi connectivity index (χ0v) is 17.9. The number of carbonyl (C=O) groups is 1. The molecule has 2 fully saturated rings. The highest BCUT2D eigenvalue weighted by molar-refractivity contribution is 5.77. The molecule has 0 saturated carbocycles. The van der Waals surface area contributed by atoms with Gasteiger partial charge in [0.1, 0.15) is 11.4 Å². The zero-order valence-electron chi connectivity index (χ0n) is 17.9. The topological polar surface area (TPSA) is 50.6 Å². The van der Waals surface area contributed by atoms with Crippen molar-refractivity contribution in [2.45, 2.75) is 56.6 Å². The van der Waals surface area contributed by atoms with Crippen LogP contribution in [0, 0.1) is 0 Å². The lowest BCUT2D eigenvalue weighted by Crippen LogP contribution is -2.50. The lowest BCUT2D eigenvalue weighted by molar-refractivity contribution is -0.131. The number of aryl methyl sites for hydroxylation is 1. The molecule has 0 bridgehead atoms. The Bertz CT molecular complexity index is 894. The first-order chi connectivity index (χ1) is 14.6. The molecule has 6 nitrogen and oxygen atoms in total. The molecular weight excluding hydrogens is 376 g/mol. The molecule has 0 aliphatic carbocycles. The molecular formula is C24H32N4O2. The van der Waals surface area contributed by atoms with E-state index in [0.717, 1.165) is 70.6 Å². The van der Waals surface area contributed by atoms with Gasteiger partial charge in [-0.05, 0) is 43.7 Å². The van der Waals surface area contributed by atoms with Gasteiger partial charge in [0.15, 0.2) is 0 Å². The number of ether oxygens (including phenoxy) is 1. The lowest BCUT2D eigenvalue weighted by atomic mass is 9.76. The molecule has 5 rings (SSSR count). The van der Waals surface area contributed by atoms with Crippen LogP contribution in [0.25, 0.3) is 0 Å². The molecule has 1 spiro atoms. The van der Waals surface area contributed by atoms with Crippen molar-refractivity contribution < 1.29 is 9.53 Å². The molecule has 4 heterocycles. The van der Waals surface area contributed by atoms with E-state index in [0.29, 0.717) is 12.3 Å². The Hall–Kier alpha value is -2.34. The van der Waals surface area contributed by atoms with Crippen LogP contribution in [0.1, 0.15) is 55.6 Å². The standard InChI is InChI=1S/C24H32N4O2/c1-26-17-19(16-25-26)18-27-12-8-24(9-13-27)15-20(14-23(29)28-10-4-5-11-28)21-6-2-3-7-22(21)30-24/h2-3,6-7,16-17,20H,4-5,8-15,18H2,1H3/t20-/m1/s1. The highest BCUT2D eigenvalue weighted by Gasteiger charge is 2.44. The first kappa shape index (κ1) is 19.6. The van der Waals surface area contributed by atoms with Crippen molar-refractivity contribution in [3.63, 3.8) is 0 Å². The van der Waals surface area contributed by atoms with Gasteiger partial charge >= 0.3 is 0 Å². The molecule has 1 amide bonds. The molecule has 2 aromatic rings. The van der Waals surface area contributed by atoms with Crippen LogP contribution in [0.2, 0.25) is 0 Å². The Morgan fingerprint density at radius 3 is 2.67 bits per heavy atom. The number of rotatable bonds is 4. The van der Waals surface area contributed by atoms with Crippen LogP contribution < -0.4 is 4.74 Å². The molecule has 0 radical (unpaired) electrons. The predicted molar refractivity (Wildman–Crippen MR) is 115 cm³/mol. The number of benzene rings is 1. The van der Waals surface area contributed by atoms with Gasteiger partial charge in [0, 0.05) is 63.9 Å². The van der Waals surface area contributed by atoms with E-state index in [1.807, 2.05) is 17.9 Å². The first-order valence-corrected chi connectivity index (χ1v) is 11.4. The van der Waals surface area contributed by atoms with Gasteiger partial charge in [-0.1, -0.05) is 18.2 Å². The molecule has 0 N–H and O–H groups in total. The average Bonchev–Trinajstić information content (AvgIpc) is 3.42. The van der Waals surface area contributed by atoms with Gasteiger partial charge < -0.3 is 9.64 Å². The van der Waals surface area contributed by atoms with Gasteiger partial charge in [-0.15, -0.1) is 0 Å². The molecule has 2 saturated heterocycles. The molecule has 0 unspecified atom stereocenters. The maximum absolute atomic E-state index is 12.9. The fourth-order valence-corrected chi connectivity index (χ4v) is 5.47. The normalized spacial score (nSPS) is 23.4. The summed E-state index contributed by atoms with van der Waals surface area (Å²) in [4.78, 5) is 17.5. The average molecular weight is 409 g/mol. The number of fused-ring (bicyclic) bond motifs is 1. The molecule has 30 heavy (non-hydrogen) atoms. The summed E-state index contributed by atoms with van der Waals surface area (Å²) in [7, 11) is 1.96. The van der Waals surface area contributed by atoms with Crippen LogP contribution in [0.5, 0.6) is 5.75 Å². The van der Waals surface area contributed by atoms with Crippen LogP contribution in [0.15, 0.2) is 36.7 Å². The Labute approximate surface area is 178 Å². The van der Waals surface area contributed by atoms with E-state index in [1.165, 1.54) is 11.1 Å². The second kappa shape index (κ2) is 8.06. The van der Waals surface area contributed by atoms with Crippen molar-refractivity contribution >= 4 is 5.91 Å². The van der Waals surface area contributed by atoms with Crippen LogP contribution in [-0.4, -0.2) is 57.3 Å². The third-order valence-electron chi connectivity index (χ3n) is 7.12. The second-order valence-electron chi connectivity index (χ2n) is 9.31. The fourth-order valence-electron chi connectivity index (χ4n) is 5.47. The largest absolute Gasteiger partial charge is 0.487 e. The van der Waals surface area contributed by atoms with Crippen molar-refractivity contribution in [2.24, 2.45) is 7.05 Å². The summed E-state index contributed by atoms with van der Waals surface area (Å²) in [5.74, 6) is 1.56. The Kier molecular flexibility index (Phi) is 5.27. The minimum atomic E-state index is -0.143. The Morgan fingerprint density at radius 2 is 1.93 bits per heavy atom. The fraction of sp³-hybridized carbons (Fsp3) is 0.583. The van der Waals surface area contributed by atoms with Gasteiger partial charge in [0.05, 0.1) is 6.20 Å². The number of carbonyl (C=O) groups excluding carboxylic acids is 1. The molecule has 6 heteroatoms. The smallest absolute Gasteiger partial charge is 0.223 e. The number of aromatic nitrogens is 2. The number of amides is 1. The van der Waals surface area contributed by atoms with E-state index < -0.39 is 0 Å². The van der Waals surface area contributed by atoms with E-state index in [-0.39, 0.29) is 11.5 Å². The van der Waals surface area contributed by atoms with Crippen LogP contribution in [-0.2, 0) is 18.4 Å². The number of piperidine rings is 1. The quantitative estimate of drug-likeness (QED) is 0.779. The van der Waals surface area contributed by atoms with Crippen molar-refractivity contribution in [3.05, 3.63) is 47.8 Å². The van der Waals surface area contributed by atoms with Crippen molar-refractivity contribution in [1.29, 1.82) is 0 Å². The minimum absolute atomic E-state index is 0.143. The van der Waals surface area contributed by atoms with Crippen molar-refractivity contribution in [2.75, 3.05) is 26.2 Å². The molecule has 3 aliphatic heterocycles. The first-order valence-electron chi connectivity index (χ1n) is 11.4. The van der Waals surface area contributed by atoms with Crippen molar-refractivity contribution in [3.8, 4) is 5.75 Å². The van der Waals surface area contributed by atoms with E-state index in [1.54, 1.807) is 0 Å². The number of likely N-dealkylation sites (tertiary alicyclic amines) is 2. The van der Waals surface area contributed by atoms with Gasteiger partial charge in [0.25, 0.3) is 0 Å². The molecule has 1 aromatic carbocycles. The Morgan fingerprint density at radius 1 is 1.17 bits per heavy atom. The summed E-state index contributed by atoms with van der Waals surface area (Å²) >= 11 is 0. The molecule has 1 atom stereocenters. The maximum atomic E-state index is 12.9. The summed E-state index contributed by atoms with van der Waals surface area (Å²) < 4.78 is 8.50. The zero-order chi connectivity index (χ0) is 20.6. The molecule has 3 aliphatic rings. The number of hydrogen-bond acceptors (Lipinski definition) is 4. The van der Waals surface area contributed by atoms with Gasteiger partial charge in [0.2, 0.25) is 5.91 Å². The third-order valence-corrected chi connectivity index (χ3v) is 7.12. The monoisotopic (exact) mass is 408 g/mol. The van der Waals surface area contributed by atoms with Crippen LogP contribution in [0.3, 0.4) is 0 Å². The van der Waals surface area contributed by atoms with Crippen LogP contribution >= 0.6 is 0 Å². The minimum Gasteiger partial charge on any atom is -0.487 e. The molecule has 1 aromatic heterocycles. The lowest BCUT2D eigenvalue weighted by Gasteiger charge is -2.47. The third kappa shape index (κ3) is 3.97. The number of hydrogen-bond donors (Lipinski definition) is 0. The van der Waals surface area contributed by atoms with E-state index in [9.17, 15) is 4.79 Å². The number of para-hydroxylation sites is 1. The highest BCUT2D eigenvalue weighted by Crippen LogP contribution is 2.46. The van der Waals surface area contributed by atoms with Gasteiger partial charge in [-0.25, -0.2) is 0 Å². The van der Waals surface area contributed by atoms with Crippen molar-refractivity contribution in [1.82, 2.24) is 19.6 Å². The highest BCUT2D eigenvalue weighted by atomic mass is 16.5. The summed E-state index contributed by atoms with van der Waals surface area (Å²) in [5, 5.41) is 4.29. The SMILES string of the molecule is Cn1cc(CN2CCC3(CC2)C[C@@H](CC(=O)N2CCCC2)c2ccccc2O3)cn1.